The lowest BCUT2D eigenvalue weighted by Crippen LogP contribution is -2.22. The number of hydrogen-bond donors (Lipinski definition) is 1. The van der Waals surface area contributed by atoms with Crippen LogP contribution in [0.1, 0.15) is 16.8 Å². The van der Waals surface area contributed by atoms with Crippen molar-refractivity contribution in [1.82, 2.24) is 33.8 Å². The number of hydrogen-bond acceptors (Lipinski definition) is 7. The van der Waals surface area contributed by atoms with E-state index in [0.717, 1.165) is 11.3 Å². The van der Waals surface area contributed by atoms with Crippen LogP contribution in [0, 0.1) is 18.3 Å². The number of nitrogens with one attached hydrogen (secondary N) is 1. The molecule has 0 aliphatic rings. The minimum atomic E-state index is -0.308. The number of aromatic amines is 1. The van der Waals surface area contributed by atoms with E-state index in [4.69, 9.17) is 0 Å². The Labute approximate surface area is 201 Å². The van der Waals surface area contributed by atoms with E-state index in [1.54, 1.807) is 10.6 Å². The molecule has 0 saturated carbocycles. The zero-order valence-corrected chi connectivity index (χ0v) is 19.2. The van der Waals surface area contributed by atoms with Gasteiger partial charge in [0.2, 0.25) is 5.78 Å². The fourth-order valence-electron chi connectivity index (χ4n) is 4.13. The molecule has 170 valence electrons. The van der Waals surface area contributed by atoms with Crippen molar-refractivity contribution in [3.8, 4) is 11.8 Å². The average Bonchev–Trinajstić information content (AvgIpc) is 3.48. The maximum Gasteiger partial charge on any atom is 0.272 e. The smallest absolute Gasteiger partial charge is 0.272 e. The first-order valence-electron chi connectivity index (χ1n) is 10.6. The minimum Gasteiger partial charge on any atom is -0.295 e. The van der Waals surface area contributed by atoms with Crippen LogP contribution in [0.25, 0.3) is 28.0 Å². The second kappa shape index (κ2) is 7.96. The Morgan fingerprint density at radius 1 is 1.09 bits per heavy atom. The van der Waals surface area contributed by atoms with Crippen LogP contribution in [0.15, 0.2) is 75.5 Å². The van der Waals surface area contributed by atoms with E-state index in [1.807, 2.05) is 59.9 Å². The van der Waals surface area contributed by atoms with Gasteiger partial charge in [-0.05, 0) is 30.7 Å². The molecule has 1 N–H and O–H groups in total. The van der Waals surface area contributed by atoms with Gasteiger partial charge in [0.25, 0.3) is 11.1 Å². The number of H-pyrrole nitrogens is 1. The molecule has 2 aromatic carbocycles. The highest BCUT2D eigenvalue weighted by atomic mass is 32.2. The van der Waals surface area contributed by atoms with E-state index in [2.05, 4.69) is 20.3 Å². The summed E-state index contributed by atoms with van der Waals surface area (Å²) in [7, 11) is 0. The number of thioether (sulfide) groups is 1. The predicted octanol–water partition coefficient (Wildman–Crippen LogP) is 2.84. The normalized spacial score (nSPS) is 11.4. The Morgan fingerprint density at radius 3 is 2.71 bits per heavy atom. The van der Waals surface area contributed by atoms with E-state index in [0.29, 0.717) is 33.3 Å². The van der Waals surface area contributed by atoms with Crippen LogP contribution in [0.5, 0.6) is 0 Å². The lowest BCUT2D eigenvalue weighted by molar-refractivity contribution is 0.886. The van der Waals surface area contributed by atoms with Crippen molar-refractivity contribution in [2.24, 2.45) is 0 Å². The van der Waals surface area contributed by atoms with Crippen LogP contribution in [0.4, 0.5) is 0 Å². The van der Waals surface area contributed by atoms with Crippen LogP contribution >= 0.6 is 11.8 Å². The number of rotatable bonds is 4. The van der Waals surface area contributed by atoms with Gasteiger partial charge in [-0.1, -0.05) is 42.1 Å². The van der Waals surface area contributed by atoms with Gasteiger partial charge in [-0.3, -0.25) is 19.1 Å². The molecule has 0 aliphatic carbocycles. The highest BCUT2D eigenvalue weighted by molar-refractivity contribution is 7.98. The number of benzene rings is 2. The lowest BCUT2D eigenvalue weighted by Gasteiger charge is -2.13. The number of aryl methyl sites for hydroxylation is 1. The quantitative estimate of drug-likeness (QED) is 0.385. The molecular weight excluding hydrogens is 464 g/mol. The molecule has 35 heavy (non-hydrogen) atoms. The van der Waals surface area contributed by atoms with Gasteiger partial charge in [-0.15, -0.1) is 10.2 Å². The number of nitrogens with zero attached hydrogens (tertiary/aromatic N) is 7. The summed E-state index contributed by atoms with van der Waals surface area (Å²) in [4.78, 5) is 30.4. The summed E-state index contributed by atoms with van der Waals surface area (Å²) in [6.07, 6.45) is 1.45. The van der Waals surface area contributed by atoms with Gasteiger partial charge < -0.3 is 0 Å². The van der Waals surface area contributed by atoms with Gasteiger partial charge in [0.15, 0.2) is 10.8 Å². The summed E-state index contributed by atoms with van der Waals surface area (Å²) in [6, 6.07) is 18.4. The van der Waals surface area contributed by atoms with Crippen molar-refractivity contribution in [3.05, 3.63) is 98.3 Å². The van der Waals surface area contributed by atoms with Crippen LogP contribution < -0.4 is 11.1 Å². The fourth-order valence-corrected chi connectivity index (χ4v) is 4.96. The van der Waals surface area contributed by atoms with Crippen molar-refractivity contribution < 1.29 is 0 Å². The van der Waals surface area contributed by atoms with E-state index < -0.39 is 0 Å². The summed E-state index contributed by atoms with van der Waals surface area (Å²) in [5.74, 6) is 0.715. The van der Waals surface area contributed by atoms with Crippen molar-refractivity contribution >= 4 is 34.1 Å². The number of para-hydroxylation sites is 2. The van der Waals surface area contributed by atoms with Gasteiger partial charge in [-0.25, -0.2) is 14.1 Å². The minimum absolute atomic E-state index is 0.178. The number of fused-ring (bicyclic) bond motifs is 4. The van der Waals surface area contributed by atoms with Crippen LogP contribution in [0.3, 0.4) is 0 Å². The molecule has 6 rings (SSSR count). The molecule has 0 spiro atoms. The monoisotopic (exact) mass is 480 g/mol. The van der Waals surface area contributed by atoms with Crippen molar-refractivity contribution in [1.29, 1.82) is 5.26 Å². The van der Waals surface area contributed by atoms with Gasteiger partial charge in [0, 0.05) is 18.0 Å². The summed E-state index contributed by atoms with van der Waals surface area (Å²) in [5.41, 5.74) is 2.93. The molecule has 10 nitrogen and oxygen atoms in total. The Morgan fingerprint density at radius 2 is 1.89 bits per heavy atom. The highest BCUT2D eigenvalue weighted by Crippen LogP contribution is 2.26. The van der Waals surface area contributed by atoms with E-state index in [9.17, 15) is 14.9 Å². The third-order valence-corrected chi connectivity index (χ3v) is 6.73. The Kier molecular flexibility index (Phi) is 4.75. The predicted molar refractivity (Wildman–Crippen MR) is 131 cm³/mol. The van der Waals surface area contributed by atoms with Gasteiger partial charge in [0.05, 0.1) is 22.3 Å². The van der Waals surface area contributed by atoms with E-state index >= 15 is 0 Å². The van der Waals surface area contributed by atoms with Crippen LogP contribution in [-0.4, -0.2) is 33.8 Å². The molecule has 11 heteroatoms. The maximum absolute atomic E-state index is 13.5. The van der Waals surface area contributed by atoms with Crippen molar-refractivity contribution in [2.75, 3.05) is 0 Å². The summed E-state index contributed by atoms with van der Waals surface area (Å²) in [5, 5.41) is 21.8. The van der Waals surface area contributed by atoms with Crippen molar-refractivity contribution in [2.45, 2.75) is 17.8 Å². The molecule has 0 fully saturated rings. The molecule has 6 aromatic rings. The zero-order chi connectivity index (χ0) is 24.1. The average molecular weight is 481 g/mol. The first-order chi connectivity index (χ1) is 17.1. The molecule has 0 saturated heterocycles. The first kappa shape index (κ1) is 20.9. The molecule has 4 aromatic heterocycles. The fraction of sp³-hybridized carbons (Fsp3) is 0.0833. The molecule has 0 bridgehead atoms. The molecule has 0 unspecified atom stereocenters. The summed E-state index contributed by atoms with van der Waals surface area (Å²) < 4.78 is 4.65. The zero-order valence-electron chi connectivity index (χ0n) is 18.3. The van der Waals surface area contributed by atoms with Gasteiger partial charge in [-0.2, -0.15) is 5.26 Å². The third kappa shape index (κ3) is 3.23. The molecule has 0 radical (unpaired) electrons. The van der Waals surface area contributed by atoms with Crippen LogP contribution in [0.2, 0.25) is 0 Å². The molecule has 0 atom stereocenters. The molecule has 0 aliphatic heterocycles. The second-order valence-corrected chi connectivity index (χ2v) is 8.84. The number of nitriles is 1. The van der Waals surface area contributed by atoms with E-state index in [1.165, 1.54) is 28.5 Å². The van der Waals surface area contributed by atoms with Crippen LogP contribution in [-0.2, 0) is 5.75 Å². The number of aromatic nitrogens is 7. The van der Waals surface area contributed by atoms with Gasteiger partial charge >= 0.3 is 0 Å². The molecule has 0 amide bonds. The molecule has 4 heterocycles. The highest BCUT2D eigenvalue weighted by Gasteiger charge is 2.19. The topological polar surface area (TPSA) is 126 Å². The lowest BCUT2D eigenvalue weighted by atomic mass is 10.2. The molecular formula is C24H16N8O2S. The maximum atomic E-state index is 13.5. The third-order valence-electron chi connectivity index (χ3n) is 5.77. The first-order valence-corrected chi connectivity index (χ1v) is 11.6. The SMILES string of the molecule is Cc1ccccc1-n1c(=O)c2ccccc2n2c(SCc3cc(=O)n4[nH]cc(C#N)c4n3)nnc12. The van der Waals surface area contributed by atoms with E-state index in [-0.39, 0.29) is 22.3 Å². The van der Waals surface area contributed by atoms with Gasteiger partial charge in [0.1, 0.15) is 11.6 Å². The largest absolute Gasteiger partial charge is 0.295 e. The van der Waals surface area contributed by atoms with Crippen molar-refractivity contribution in [3.63, 3.8) is 0 Å². The Bertz CT molecular complexity index is 1940. The summed E-state index contributed by atoms with van der Waals surface area (Å²) in [6.45, 7) is 1.94. The Balaban J connectivity index is 1.51. The second-order valence-electron chi connectivity index (χ2n) is 7.89. The Hall–Kier alpha value is -4.69. The summed E-state index contributed by atoms with van der Waals surface area (Å²) >= 11 is 1.34. The standard InChI is InChI=1S/C24H16N8O2S/c1-14-6-2-4-8-18(14)30-22(34)17-7-3-5-9-19(17)31-23(30)28-29-24(31)35-13-16-10-20(33)32-21(27-16)15(11-25)12-26-32/h2-10,12,26H,13H2,1H3.